The van der Waals surface area contributed by atoms with E-state index in [0.717, 1.165) is 0 Å². The highest BCUT2D eigenvalue weighted by molar-refractivity contribution is 6.35. The molecule has 9 heteroatoms. The van der Waals surface area contributed by atoms with Crippen molar-refractivity contribution in [3.05, 3.63) is 85.9 Å². The molecule has 3 rings (SSSR count). The highest BCUT2D eigenvalue weighted by atomic mass is 35.5. The van der Waals surface area contributed by atoms with Crippen molar-refractivity contribution < 1.29 is 9.53 Å². The first-order chi connectivity index (χ1) is 13.5. The zero-order chi connectivity index (χ0) is 20.1. The van der Waals surface area contributed by atoms with Crippen molar-refractivity contribution in [2.75, 3.05) is 5.73 Å². The average Bonchev–Trinajstić information content (AvgIpc) is 2.68. The van der Waals surface area contributed by atoms with Crippen LogP contribution in [-0.2, 0) is 13.2 Å². The van der Waals surface area contributed by atoms with E-state index >= 15 is 0 Å². The molecular formula is C19H16Cl2N4O3. The summed E-state index contributed by atoms with van der Waals surface area (Å²) in [6.45, 7) is 0.139. The second-order valence-corrected chi connectivity index (χ2v) is 6.62. The second-order valence-electron chi connectivity index (χ2n) is 5.80. The van der Waals surface area contributed by atoms with Crippen LogP contribution < -0.4 is 21.3 Å². The van der Waals surface area contributed by atoms with Gasteiger partial charge in [-0.2, -0.15) is 0 Å². The van der Waals surface area contributed by atoms with E-state index in [1.54, 1.807) is 30.3 Å². The number of pyridine rings is 2. The molecule has 0 bridgehead atoms. The molecule has 0 saturated carbocycles. The van der Waals surface area contributed by atoms with Crippen LogP contribution in [0.15, 0.2) is 53.6 Å². The van der Waals surface area contributed by atoms with Crippen LogP contribution in [0.5, 0.6) is 5.75 Å². The molecule has 1 amide bonds. The van der Waals surface area contributed by atoms with Crippen LogP contribution in [0.1, 0.15) is 21.5 Å². The Labute approximate surface area is 170 Å². The number of carbonyl (C=O) groups excluding carboxylic acids is 1. The molecule has 0 radical (unpaired) electrons. The number of benzene rings is 1. The van der Waals surface area contributed by atoms with Crippen molar-refractivity contribution in [2.45, 2.75) is 13.2 Å². The number of carbonyl (C=O) groups is 1. The van der Waals surface area contributed by atoms with Crippen LogP contribution >= 0.6 is 23.2 Å². The van der Waals surface area contributed by atoms with Gasteiger partial charge in [-0.05, 0) is 24.3 Å². The second kappa shape index (κ2) is 8.77. The van der Waals surface area contributed by atoms with Gasteiger partial charge in [0.2, 0.25) is 0 Å². The number of amides is 1. The Kier molecular flexibility index (Phi) is 6.18. The third-order valence-corrected chi connectivity index (χ3v) is 4.62. The number of aromatic amines is 1. The normalized spacial score (nSPS) is 10.5. The van der Waals surface area contributed by atoms with Gasteiger partial charge >= 0.3 is 0 Å². The summed E-state index contributed by atoms with van der Waals surface area (Å²) in [5, 5.41) is 3.58. The fourth-order valence-electron chi connectivity index (χ4n) is 2.39. The molecule has 0 aliphatic heterocycles. The van der Waals surface area contributed by atoms with E-state index in [0.29, 0.717) is 21.2 Å². The number of ether oxygens (including phenoxy) is 1. The summed E-state index contributed by atoms with van der Waals surface area (Å²) in [6.07, 6.45) is 2.85. The quantitative estimate of drug-likeness (QED) is 0.569. The largest absolute Gasteiger partial charge is 0.485 e. The first kappa shape index (κ1) is 19.7. The number of halogens is 2. The molecule has 28 heavy (non-hydrogen) atoms. The van der Waals surface area contributed by atoms with E-state index in [4.69, 9.17) is 33.7 Å². The summed E-state index contributed by atoms with van der Waals surface area (Å²) in [7, 11) is 0. The van der Waals surface area contributed by atoms with Crippen LogP contribution in [0, 0.1) is 0 Å². The van der Waals surface area contributed by atoms with Crippen molar-refractivity contribution in [1.82, 2.24) is 15.3 Å². The molecule has 4 N–H and O–H groups in total. The highest BCUT2D eigenvalue weighted by Crippen LogP contribution is 2.27. The monoisotopic (exact) mass is 418 g/mol. The van der Waals surface area contributed by atoms with E-state index in [-0.39, 0.29) is 35.8 Å². The number of nitrogens with zero attached hydrogens (tertiary/aromatic N) is 1. The maximum absolute atomic E-state index is 12.4. The van der Waals surface area contributed by atoms with Crippen LogP contribution in [-0.4, -0.2) is 15.9 Å². The third kappa shape index (κ3) is 4.62. The Hall–Kier alpha value is -3.03. The number of nitrogens with two attached hydrogens (primary N) is 1. The molecule has 0 aliphatic rings. The van der Waals surface area contributed by atoms with Gasteiger partial charge in [0.05, 0.1) is 5.56 Å². The summed E-state index contributed by atoms with van der Waals surface area (Å²) < 4.78 is 5.67. The summed E-state index contributed by atoms with van der Waals surface area (Å²) >= 11 is 12.3. The number of hydrogen-bond donors (Lipinski definition) is 3. The lowest BCUT2D eigenvalue weighted by molar-refractivity contribution is 0.0950. The summed E-state index contributed by atoms with van der Waals surface area (Å²) in [5.41, 5.74) is 6.84. The van der Waals surface area contributed by atoms with Gasteiger partial charge in [0.25, 0.3) is 11.5 Å². The van der Waals surface area contributed by atoms with Crippen LogP contribution in [0.2, 0.25) is 10.0 Å². The Morgan fingerprint density at radius 3 is 2.68 bits per heavy atom. The van der Waals surface area contributed by atoms with Crippen LogP contribution in [0.4, 0.5) is 5.82 Å². The zero-order valence-electron chi connectivity index (χ0n) is 14.5. The predicted molar refractivity (Wildman–Crippen MR) is 108 cm³/mol. The minimum absolute atomic E-state index is 0.0643. The molecular weight excluding hydrogens is 403 g/mol. The number of nitrogen functional groups attached to an aromatic ring is 1. The van der Waals surface area contributed by atoms with Gasteiger partial charge in [-0.1, -0.05) is 35.3 Å². The topological polar surface area (TPSA) is 110 Å². The lowest BCUT2D eigenvalue weighted by Crippen LogP contribution is -2.26. The van der Waals surface area contributed by atoms with E-state index in [1.165, 1.54) is 18.5 Å². The van der Waals surface area contributed by atoms with Gasteiger partial charge < -0.3 is 20.8 Å². The first-order valence-corrected chi connectivity index (χ1v) is 8.97. The standard InChI is InChI=1S/C19H16Cl2N4O3/c20-14-4-1-5-15(21)13(14)10-28-16-7-12(9-24-17(16)22)19(27)25-8-11-3-2-6-23-18(11)26/h1-7,9H,8,10H2,(H2,22,24)(H,23,26)(H,25,27). The van der Waals surface area contributed by atoms with Crippen LogP contribution in [0.3, 0.4) is 0 Å². The summed E-state index contributed by atoms with van der Waals surface area (Å²) in [6, 6.07) is 9.90. The van der Waals surface area contributed by atoms with Crippen molar-refractivity contribution in [2.24, 2.45) is 0 Å². The van der Waals surface area contributed by atoms with Crippen molar-refractivity contribution in [3.63, 3.8) is 0 Å². The van der Waals surface area contributed by atoms with E-state index in [9.17, 15) is 9.59 Å². The van der Waals surface area contributed by atoms with Crippen molar-refractivity contribution in [3.8, 4) is 5.75 Å². The molecule has 144 valence electrons. The van der Waals surface area contributed by atoms with Gasteiger partial charge in [-0.25, -0.2) is 4.98 Å². The lowest BCUT2D eigenvalue weighted by Gasteiger charge is -2.12. The number of nitrogens with one attached hydrogen (secondary N) is 2. The van der Waals surface area contributed by atoms with Gasteiger partial charge in [0.1, 0.15) is 6.61 Å². The van der Waals surface area contributed by atoms with Gasteiger partial charge in [-0.15, -0.1) is 0 Å². The van der Waals surface area contributed by atoms with E-state index < -0.39 is 5.91 Å². The SMILES string of the molecule is Nc1ncc(C(=O)NCc2ccc[nH]c2=O)cc1OCc1c(Cl)cccc1Cl. The lowest BCUT2D eigenvalue weighted by atomic mass is 10.2. The number of rotatable bonds is 6. The molecule has 0 aliphatic carbocycles. The van der Waals surface area contributed by atoms with Gasteiger partial charge in [-0.3, -0.25) is 9.59 Å². The molecule has 1 aromatic carbocycles. The summed E-state index contributed by atoms with van der Waals surface area (Å²) in [4.78, 5) is 30.6. The molecule has 7 nitrogen and oxygen atoms in total. The minimum atomic E-state index is -0.420. The van der Waals surface area contributed by atoms with E-state index in [2.05, 4.69) is 15.3 Å². The van der Waals surface area contributed by atoms with Gasteiger partial charge in [0.15, 0.2) is 11.6 Å². The van der Waals surface area contributed by atoms with Crippen molar-refractivity contribution in [1.29, 1.82) is 0 Å². The maximum atomic E-state index is 12.4. The first-order valence-electron chi connectivity index (χ1n) is 8.21. The smallest absolute Gasteiger partial charge is 0.253 e. The Bertz CT molecular complexity index is 1050. The fraction of sp³-hybridized carbons (Fsp3) is 0.105. The molecule has 0 atom stereocenters. The molecule has 0 spiro atoms. The molecule has 0 fully saturated rings. The average molecular weight is 419 g/mol. The zero-order valence-corrected chi connectivity index (χ0v) is 16.1. The third-order valence-electron chi connectivity index (χ3n) is 3.92. The van der Waals surface area contributed by atoms with Crippen molar-refractivity contribution >= 4 is 34.9 Å². The Balaban J connectivity index is 1.71. The number of hydrogen-bond acceptors (Lipinski definition) is 5. The fourth-order valence-corrected chi connectivity index (χ4v) is 2.89. The Morgan fingerprint density at radius 2 is 1.96 bits per heavy atom. The highest BCUT2D eigenvalue weighted by Gasteiger charge is 2.13. The molecule has 0 saturated heterocycles. The Morgan fingerprint density at radius 1 is 1.21 bits per heavy atom. The predicted octanol–water partition coefficient (Wildman–Crippen LogP) is 3.17. The molecule has 0 unspecified atom stereocenters. The van der Waals surface area contributed by atoms with Gasteiger partial charge in [0, 0.05) is 40.1 Å². The van der Waals surface area contributed by atoms with Crippen LogP contribution in [0.25, 0.3) is 0 Å². The molecule has 2 heterocycles. The number of aromatic nitrogens is 2. The maximum Gasteiger partial charge on any atom is 0.253 e. The minimum Gasteiger partial charge on any atom is -0.485 e. The number of anilines is 1. The number of H-pyrrole nitrogens is 1. The summed E-state index contributed by atoms with van der Waals surface area (Å²) in [5.74, 6) is -0.0724. The van der Waals surface area contributed by atoms with E-state index in [1.807, 2.05) is 0 Å². The molecule has 2 aromatic heterocycles. The molecule has 3 aromatic rings.